The summed E-state index contributed by atoms with van der Waals surface area (Å²) in [4.78, 5) is 19.9. The topological polar surface area (TPSA) is 66.5 Å². The Morgan fingerprint density at radius 3 is 2.83 bits per heavy atom. The Kier molecular flexibility index (Phi) is 6.17. The Hall–Kier alpha value is -1.96. The molecule has 0 spiro atoms. The van der Waals surface area contributed by atoms with E-state index in [1.165, 1.54) is 4.88 Å². The minimum absolute atomic E-state index is 0.171. The van der Waals surface area contributed by atoms with E-state index in [1.807, 2.05) is 18.2 Å². The number of nitrogens with one attached hydrogen (secondary N) is 2. The number of hydrogen-bond acceptors (Lipinski definition) is 5. The lowest BCUT2D eigenvalue weighted by Crippen LogP contribution is -2.45. The van der Waals surface area contributed by atoms with Gasteiger partial charge >= 0.3 is 6.03 Å². The van der Waals surface area contributed by atoms with Crippen LogP contribution < -0.4 is 10.6 Å². The number of aromatic nitrogens is 1. The molecule has 2 N–H and O–H groups in total. The van der Waals surface area contributed by atoms with Crippen molar-refractivity contribution >= 4 is 17.4 Å². The van der Waals surface area contributed by atoms with E-state index in [9.17, 15) is 4.79 Å². The van der Waals surface area contributed by atoms with E-state index in [0.717, 1.165) is 32.0 Å². The molecule has 3 rings (SSSR count). The quantitative estimate of drug-likeness (QED) is 0.840. The van der Waals surface area contributed by atoms with Crippen LogP contribution in [-0.2, 0) is 11.3 Å². The van der Waals surface area contributed by atoms with Gasteiger partial charge in [-0.15, -0.1) is 11.3 Å². The summed E-state index contributed by atoms with van der Waals surface area (Å²) in [5.41, 5.74) is 0.843. The molecule has 128 valence electrons. The molecule has 7 heteroatoms. The van der Waals surface area contributed by atoms with Crippen LogP contribution in [0.5, 0.6) is 0 Å². The van der Waals surface area contributed by atoms with Gasteiger partial charge in [-0.25, -0.2) is 4.79 Å². The highest BCUT2D eigenvalue weighted by molar-refractivity contribution is 7.10. The summed E-state index contributed by atoms with van der Waals surface area (Å²) >= 11 is 1.72. The fourth-order valence-corrected chi connectivity index (χ4v) is 3.57. The number of pyridine rings is 1. The third-order valence-corrected chi connectivity index (χ3v) is 4.94. The minimum Gasteiger partial charge on any atom is -0.379 e. The van der Waals surface area contributed by atoms with Crippen molar-refractivity contribution in [1.82, 2.24) is 20.5 Å². The zero-order chi connectivity index (χ0) is 16.6. The van der Waals surface area contributed by atoms with Gasteiger partial charge in [0.25, 0.3) is 0 Å². The van der Waals surface area contributed by atoms with Gasteiger partial charge in [0.1, 0.15) is 0 Å². The molecule has 0 radical (unpaired) electrons. The van der Waals surface area contributed by atoms with Crippen LogP contribution in [-0.4, -0.2) is 48.8 Å². The molecule has 6 nitrogen and oxygen atoms in total. The average molecular weight is 346 g/mol. The Labute approximate surface area is 145 Å². The van der Waals surface area contributed by atoms with Gasteiger partial charge in [0.05, 0.1) is 31.5 Å². The molecular formula is C17H22N4O2S. The van der Waals surface area contributed by atoms with Gasteiger partial charge < -0.3 is 15.4 Å². The second-order valence-electron chi connectivity index (χ2n) is 5.56. The number of hydrogen-bond donors (Lipinski definition) is 2. The van der Waals surface area contributed by atoms with Gasteiger partial charge in [-0.05, 0) is 23.6 Å². The molecule has 24 heavy (non-hydrogen) atoms. The predicted octanol–water partition coefficient (Wildman–Crippen LogP) is 2.02. The van der Waals surface area contributed by atoms with E-state index in [-0.39, 0.29) is 12.1 Å². The van der Waals surface area contributed by atoms with Crippen LogP contribution in [0.4, 0.5) is 4.79 Å². The van der Waals surface area contributed by atoms with E-state index in [2.05, 4.69) is 38.0 Å². The fourth-order valence-electron chi connectivity index (χ4n) is 2.71. The van der Waals surface area contributed by atoms with Gasteiger partial charge in [-0.2, -0.15) is 0 Å². The first-order chi connectivity index (χ1) is 11.8. The molecule has 2 amide bonds. The lowest BCUT2D eigenvalue weighted by molar-refractivity contribution is 0.0174. The number of carbonyl (C=O) groups excluding carboxylic acids is 1. The summed E-state index contributed by atoms with van der Waals surface area (Å²) in [5.74, 6) is 0. The summed E-state index contributed by atoms with van der Waals surface area (Å²) < 4.78 is 5.44. The number of thiophene rings is 1. The van der Waals surface area contributed by atoms with Crippen LogP contribution in [0.25, 0.3) is 0 Å². The average Bonchev–Trinajstić information content (AvgIpc) is 3.16. The van der Waals surface area contributed by atoms with Gasteiger partial charge in [-0.3, -0.25) is 9.88 Å². The second-order valence-corrected chi connectivity index (χ2v) is 6.54. The number of urea groups is 1. The third-order valence-electron chi connectivity index (χ3n) is 3.97. The second kappa shape index (κ2) is 8.77. The first-order valence-electron chi connectivity index (χ1n) is 8.10. The Morgan fingerprint density at radius 1 is 1.25 bits per heavy atom. The Bertz CT molecular complexity index is 615. The van der Waals surface area contributed by atoms with Crippen LogP contribution in [0.3, 0.4) is 0 Å². The number of morpholine rings is 1. The molecule has 0 unspecified atom stereocenters. The maximum atomic E-state index is 12.1. The fraction of sp³-hybridized carbons (Fsp3) is 0.412. The molecule has 0 saturated carbocycles. The predicted molar refractivity (Wildman–Crippen MR) is 93.9 cm³/mol. The van der Waals surface area contributed by atoms with Crippen molar-refractivity contribution in [3.8, 4) is 0 Å². The first kappa shape index (κ1) is 16.9. The van der Waals surface area contributed by atoms with Crippen LogP contribution in [0.1, 0.15) is 16.6 Å². The Morgan fingerprint density at radius 2 is 2.12 bits per heavy atom. The normalized spacial score (nSPS) is 16.5. The lowest BCUT2D eigenvalue weighted by Gasteiger charge is -2.34. The number of amides is 2. The molecule has 0 bridgehead atoms. The van der Waals surface area contributed by atoms with Crippen molar-refractivity contribution < 1.29 is 9.53 Å². The molecule has 1 atom stereocenters. The molecule has 1 aliphatic rings. The van der Waals surface area contributed by atoms with E-state index in [0.29, 0.717) is 13.1 Å². The van der Waals surface area contributed by atoms with Crippen LogP contribution >= 0.6 is 11.3 Å². The van der Waals surface area contributed by atoms with Gasteiger partial charge in [0.2, 0.25) is 0 Å². The van der Waals surface area contributed by atoms with Crippen LogP contribution in [0.15, 0.2) is 41.9 Å². The molecule has 2 aromatic heterocycles. The molecule has 1 fully saturated rings. The van der Waals surface area contributed by atoms with Gasteiger partial charge in [-0.1, -0.05) is 12.1 Å². The van der Waals surface area contributed by atoms with Crippen molar-refractivity contribution in [1.29, 1.82) is 0 Å². The maximum Gasteiger partial charge on any atom is 0.315 e. The van der Waals surface area contributed by atoms with Crippen LogP contribution in [0.2, 0.25) is 0 Å². The highest BCUT2D eigenvalue weighted by atomic mass is 32.1. The van der Waals surface area contributed by atoms with Crippen molar-refractivity contribution in [2.45, 2.75) is 12.6 Å². The molecule has 1 aliphatic heterocycles. The highest BCUT2D eigenvalue weighted by Crippen LogP contribution is 2.25. The zero-order valence-corrected chi connectivity index (χ0v) is 14.3. The molecule has 1 saturated heterocycles. The highest BCUT2D eigenvalue weighted by Gasteiger charge is 2.23. The van der Waals surface area contributed by atoms with Crippen molar-refractivity contribution in [3.63, 3.8) is 0 Å². The monoisotopic (exact) mass is 346 g/mol. The molecule has 3 heterocycles. The first-order valence-corrected chi connectivity index (χ1v) is 8.98. The molecule has 0 aromatic carbocycles. The number of rotatable bonds is 6. The number of carbonyl (C=O) groups is 1. The van der Waals surface area contributed by atoms with E-state index in [1.54, 1.807) is 17.5 Å². The number of nitrogens with zero attached hydrogens (tertiary/aromatic N) is 2. The lowest BCUT2D eigenvalue weighted by atomic mass is 10.2. The van der Waals surface area contributed by atoms with Crippen molar-refractivity contribution in [2.75, 3.05) is 32.8 Å². The van der Waals surface area contributed by atoms with E-state index in [4.69, 9.17) is 4.74 Å². The number of ether oxygens (including phenoxy) is 1. The molecule has 0 aliphatic carbocycles. The molecule has 2 aromatic rings. The van der Waals surface area contributed by atoms with Gasteiger partial charge in [0, 0.05) is 30.7 Å². The summed E-state index contributed by atoms with van der Waals surface area (Å²) in [6.45, 7) is 4.27. The molecular weight excluding hydrogens is 324 g/mol. The standard InChI is InChI=1S/C17H22N4O2S/c22-17(19-12-14-4-1-2-6-18-14)20-13-15(16-5-3-11-24-16)21-7-9-23-10-8-21/h1-6,11,15H,7-10,12-13H2,(H2,19,20,22)/t15-/m0/s1. The summed E-state index contributed by atoms with van der Waals surface area (Å²) in [5, 5.41) is 7.91. The third kappa shape index (κ3) is 4.77. The van der Waals surface area contributed by atoms with Crippen LogP contribution in [0, 0.1) is 0 Å². The van der Waals surface area contributed by atoms with Crippen molar-refractivity contribution in [2.24, 2.45) is 0 Å². The van der Waals surface area contributed by atoms with Gasteiger partial charge in [0.15, 0.2) is 0 Å². The minimum atomic E-state index is -0.171. The smallest absolute Gasteiger partial charge is 0.315 e. The van der Waals surface area contributed by atoms with E-state index >= 15 is 0 Å². The summed E-state index contributed by atoms with van der Waals surface area (Å²) in [6, 6.07) is 9.85. The maximum absolute atomic E-state index is 12.1. The van der Waals surface area contributed by atoms with Crippen molar-refractivity contribution in [3.05, 3.63) is 52.5 Å². The SMILES string of the molecule is O=C(NCc1ccccn1)NC[C@@H](c1cccs1)N1CCOCC1. The Balaban J connectivity index is 1.52. The summed E-state index contributed by atoms with van der Waals surface area (Å²) in [7, 11) is 0. The summed E-state index contributed by atoms with van der Waals surface area (Å²) in [6.07, 6.45) is 1.72. The van der Waals surface area contributed by atoms with E-state index < -0.39 is 0 Å². The zero-order valence-electron chi connectivity index (χ0n) is 13.5. The largest absolute Gasteiger partial charge is 0.379 e.